The Balaban J connectivity index is 0.000000496. The predicted octanol–water partition coefficient (Wildman–Crippen LogP) is -0.110. The molecule has 0 saturated carbocycles. The van der Waals surface area contributed by atoms with Crippen molar-refractivity contribution >= 4 is 22.0 Å². The number of aliphatic carboxylic acids is 1. The van der Waals surface area contributed by atoms with Gasteiger partial charge in [-0.05, 0) is 12.1 Å². The van der Waals surface area contributed by atoms with Gasteiger partial charge < -0.3 is 20.6 Å². The standard InChI is InChI=1S/C9H17NO5.C6H6O3S/c1-9(2,5-11)7(14)8(15)10-4-3-6(12)13;7-10(8,9)6-4-2-1-3-5-6/h7,11,14H,3-5H2,1-2H3,(H,10,15)(H,12,13);1-5H,(H,7,8,9)/t7-;/m0./s1. The fraction of sp³-hybridized carbons (Fsp3) is 0.467. The molecule has 9 nitrogen and oxygen atoms in total. The Morgan fingerprint density at radius 3 is 2.08 bits per heavy atom. The van der Waals surface area contributed by atoms with Crippen LogP contribution >= 0.6 is 0 Å². The largest absolute Gasteiger partial charge is 0.481 e. The number of benzene rings is 1. The molecule has 0 aromatic heterocycles. The monoisotopic (exact) mass is 377 g/mol. The van der Waals surface area contributed by atoms with Crippen LogP contribution in [0.25, 0.3) is 0 Å². The van der Waals surface area contributed by atoms with E-state index in [0.717, 1.165) is 0 Å². The lowest BCUT2D eigenvalue weighted by atomic mass is 9.87. The second kappa shape index (κ2) is 10.1. The molecule has 0 aliphatic heterocycles. The maximum Gasteiger partial charge on any atom is 0.305 e. The van der Waals surface area contributed by atoms with Crippen molar-refractivity contribution in [1.29, 1.82) is 0 Å². The number of carbonyl (C=O) groups is 2. The molecule has 25 heavy (non-hydrogen) atoms. The first-order chi connectivity index (χ1) is 11.4. The van der Waals surface area contributed by atoms with Crippen LogP contribution in [0, 0.1) is 5.41 Å². The van der Waals surface area contributed by atoms with E-state index < -0.39 is 33.5 Å². The zero-order valence-electron chi connectivity index (χ0n) is 13.9. The van der Waals surface area contributed by atoms with E-state index in [-0.39, 0.29) is 24.5 Å². The maximum absolute atomic E-state index is 11.3. The third kappa shape index (κ3) is 9.15. The van der Waals surface area contributed by atoms with Crippen molar-refractivity contribution in [3.63, 3.8) is 0 Å². The van der Waals surface area contributed by atoms with Crippen molar-refractivity contribution in [2.45, 2.75) is 31.3 Å². The van der Waals surface area contributed by atoms with Gasteiger partial charge in [-0.3, -0.25) is 14.1 Å². The van der Waals surface area contributed by atoms with Crippen molar-refractivity contribution in [3.05, 3.63) is 30.3 Å². The molecule has 0 aliphatic carbocycles. The molecule has 0 spiro atoms. The Morgan fingerprint density at radius 2 is 1.72 bits per heavy atom. The molecule has 10 heteroatoms. The summed E-state index contributed by atoms with van der Waals surface area (Å²) in [5, 5.41) is 29.0. The van der Waals surface area contributed by atoms with E-state index in [1.54, 1.807) is 18.2 Å². The van der Waals surface area contributed by atoms with E-state index in [1.807, 2.05) is 0 Å². The third-order valence-corrected chi connectivity index (χ3v) is 3.94. The molecule has 1 aromatic rings. The summed E-state index contributed by atoms with van der Waals surface area (Å²) >= 11 is 0. The van der Waals surface area contributed by atoms with Crippen LogP contribution in [0.5, 0.6) is 0 Å². The van der Waals surface area contributed by atoms with E-state index in [1.165, 1.54) is 26.0 Å². The Kier molecular flexibility index (Phi) is 9.28. The Labute approximate surface area is 146 Å². The normalized spacial score (nSPS) is 12.5. The fourth-order valence-electron chi connectivity index (χ4n) is 1.42. The highest BCUT2D eigenvalue weighted by molar-refractivity contribution is 7.85. The van der Waals surface area contributed by atoms with Gasteiger partial charge in [-0.15, -0.1) is 0 Å². The molecule has 0 saturated heterocycles. The molecule has 0 unspecified atom stereocenters. The minimum Gasteiger partial charge on any atom is -0.481 e. The number of aliphatic hydroxyl groups is 2. The molecule has 0 fully saturated rings. The molecule has 5 N–H and O–H groups in total. The summed E-state index contributed by atoms with van der Waals surface area (Å²) in [4.78, 5) is 21.3. The van der Waals surface area contributed by atoms with E-state index in [2.05, 4.69) is 5.32 Å². The van der Waals surface area contributed by atoms with Crippen LogP contribution in [0.15, 0.2) is 35.2 Å². The lowest BCUT2D eigenvalue weighted by Gasteiger charge is -2.26. The molecule has 0 bridgehead atoms. The van der Waals surface area contributed by atoms with Crippen molar-refractivity contribution < 1.29 is 37.9 Å². The predicted molar refractivity (Wildman–Crippen MR) is 88.4 cm³/mol. The lowest BCUT2D eigenvalue weighted by Crippen LogP contribution is -2.45. The third-order valence-electron chi connectivity index (χ3n) is 3.08. The van der Waals surface area contributed by atoms with Crippen LogP contribution in [0.2, 0.25) is 0 Å². The molecule has 1 atom stereocenters. The zero-order valence-corrected chi connectivity index (χ0v) is 14.7. The Bertz CT molecular complexity index is 657. The number of nitrogens with one attached hydrogen (secondary N) is 1. The fourth-order valence-corrected chi connectivity index (χ4v) is 1.92. The van der Waals surface area contributed by atoms with E-state index in [0.29, 0.717) is 0 Å². The topological polar surface area (TPSA) is 161 Å². The average molecular weight is 377 g/mol. The van der Waals surface area contributed by atoms with Crippen LogP contribution in [0.1, 0.15) is 20.3 Å². The van der Waals surface area contributed by atoms with E-state index in [9.17, 15) is 23.1 Å². The van der Waals surface area contributed by atoms with E-state index >= 15 is 0 Å². The average Bonchev–Trinajstić information content (AvgIpc) is 2.54. The number of carbonyl (C=O) groups excluding carboxylic acids is 1. The number of rotatable bonds is 7. The highest BCUT2D eigenvalue weighted by Crippen LogP contribution is 2.19. The molecule has 0 aliphatic rings. The molecular weight excluding hydrogens is 354 g/mol. The van der Waals surface area contributed by atoms with Gasteiger partial charge in [0, 0.05) is 12.0 Å². The second-order valence-electron chi connectivity index (χ2n) is 5.77. The maximum atomic E-state index is 11.3. The van der Waals surface area contributed by atoms with Gasteiger partial charge in [-0.2, -0.15) is 8.42 Å². The first kappa shape index (κ1) is 23.0. The molecule has 1 rings (SSSR count). The van der Waals surface area contributed by atoms with Crippen molar-refractivity contribution in [3.8, 4) is 0 Å². The number of amides is 1. The summed E-state index contributed by atoms with van der Waals surface area (Å²) in [6.45, 7) is 2.70. The smallest absolute Gasteiger partial charge is 0.305 e. The molecule has 142 valence electrons. The first-order valence-corrected chi connectivity index (χ1v) is 8.67. The van der Waals surface area contributed by atoms with Crippen LogP contribution in [-0.2, 0) is 19.7 Å². The Morgan fingerprint density at radius 1 is 1.20 bits per heavy atom. The van der Waals surface area contributed by atoms with Gasteiger partial charge in [-0.1, -0.05) is 32.0 Å². The van der Waals surface area contributed by atoms with Crippen LogP contribution in [0.4, 0.5) is 0 Å². The van der Waals surface area contributed by atoms with Crippen molar-refractivity contribution in [1.82, 2.24) is 5.32 Å². The lowest BCUT2D eigenvalue weighted by molar-refractivity contribution is -0.138. The first-order valence-electron chi connectivity index (χ1n) is 7.23. The minimum atomic E-state index is -4.00. The summed E-state index contributed by atoms with van der Waals surface area (Å²) in [5.41, 5.74) is -0.937. The molecule has 1 aromatic carbocycles. The number of aliphatic hydroxyl groups excluding tert-OH is 2. The molecule has 0 radical (unpaired) electrons. The van der Waals surface area contributed by atoms with Crippen molar-refractivity contribution in [2.75, 3.05) is 13.2 Å². The summed E-state index contributed by atoms with van der Waals surface area (Å²) in [5.74, 6) is -1.69. The number of carboxylic acid groups (broad SMARTS) is 1. The highest BCUT2D eigenvalue weighted by atomic mass is 32.2. The van der Waals surface area contributed by atoms with Crippen molar-refractivity contribution in [2.24, 2.45) is 5.41 Å². The quantitative estimate of drug-likeness (QED) is 0.411. The summed E-state index contributed by atoms with van der Waals surface area (Å²) in [7, 11) is -4.00. The van der Waals surface area contributed by atoms with E-state index in [4.69, 9.17) is 14.8 Å². The van der Waals surface area contributed by atoms with Gasteiger partial charge in [-0.25, -0.2) is 0 Å². The highest BCUT2D eigenvalue weighted by Gasteiger charge is 2.32. The van der Waals surface area contributed by atoms with Gasteiger partial charge in [0.25, 0.3) is 10.1 Å². The van der Waals surface area contributed by atoms with Crippen LogP contribution < -0.4 is 5.32 Å². The van der Waals surface area contributed by atoms with Crippen LogP contribution in [-0.4, -0.2) is 59.4 Å². The van der Waals surface area contributed by atoms with Crippen LogP contribution in [0.3, 0.4) is 0 Å². The van der Waals surface area contributed by atoms with Gasteiger partial charge in [0.1, 0.15) is 6.10 Å². The summed E-state index contributed by atoms with van der Waals surface area (Å²) < 4.78 is 29.2. The zero-order chi connectivity index (χ0) is 19.7. The molecular formula is C15H23NO8S. The van der Waals surface area contributed by atoms with Gasteiger partial charge in [0.05, 0.1) is 17.9 Å². The summed E-state index contributed by atoms with van der Waals surface area (Å²) in [6.07, 6.45) is -1.55. The SMILES string of the molecule is CC(C)(CO)[C@@H](O)C(=O)NCCC(=O)O.O=S(=O)(O)c1ccccc1. The number of hydrogen-bond acceptors (Lipinski definition) is 6. The molecule has 0 heterocycles. The van der Waals surface area contributed by atoms with Gasteiger partial charge in [0.2, 0.25) is 5.91 Å². The molecule has 1 amide bonds. The Hall–Kier alpha value is -2.01. The number of carboxylic acids is 1. The second-order valence-corrected chi connectivity index (χ2v) is 7.19. The van der Waals surface area contributed by atoms with Gasteiger partial charge >= 0.3 is 5.97 Å². The van der Waals surface area contributed by atoms with Gasteiger partial charge in [0.15, 0.2) is 0 Å². The minimum absolute atomic E-state index is 0.0350. The summed E-state index contributed by atoms with van der Waals surface area (Å²) in [6, 6.07) is 7.42. The number of hydrogen-bond donors (Lipinski definition) is 5.